The monoisotopic (exact) mass is 501 g/mol. The van der Waals surface area contributed by atoms with Crippen molar-refractivity contribution in [1.82, 2.24) is 14.9 Å². The Morgan fingerprint density at radius 1 is 1.11 bits per heavy atom. The largest absolute Gasteiger partial charge is 0.337 e. The second kappa shape index (κ2) is 9.75. The summed E-state index contributed by atoms with van der Waals surface area (Å²) in [7, 11) is 1.70. The molecule has 1 aromatic heterocycles. The van der Waals surface area contributed by atoms with E-state index < -0.39 is 0 Å². The van der Waals surface area contributed by atoms with Crippen LogP contribution in [-0.4, -0.2) is 33.7 Å². The maximum atomic E-state index is 13.1. The van der Waals surface area contributed by atoms with Gasteiger partial charge in [0.2, 0.25) is 11.9 Å². The smallest absolute Gasteiger partial charge is 0.253 e. The molecule has 0 saturated carbocycles. The van der Waals surface area contributed by atoms with Crippen molar-refractivity contribution in [3.05, 3.63) is 100 Å². The summed E-state index contributed by atoms with van der Waals surface area (Å²) in [6.45, 7) is 0.367. The Hall–Kier alpha value is -4.30. The Kier molecular flexibility index (Phi) is 6.35. The van der Waals surface area contributed by atoms with Crippen molar-refractivity contribution in [3.8, 4) is 11.3 Å². The first-order valence-electron chi connectivity index (χ1n) is 11.2. The number of fused-ring (bicyclic) bond motifs is 3. The van der Waals surface area contributed by atoms with Crippen molar-refractivity contribution in [2.45, 2.75) is 13.0 Å². The lowest BCUT2D eigenvalue weighted by atomic mass is 10.1. The Bertz CT molecular complexity index is 1460. The van der Waals surface area contributed by atoms with Crippen LogP contribution >= 0.6 is 11.6 Å². The summed E-state index contributed by atoms with van der Waals surface area (Å²) >= 11 is 6.11. The van der Waals surface area contributed by atoms with E-state index in [1.807, 2.05) is 6.07 Å². The molecule has 180 valence electrons. The van der Waals surface area contributed by atoms with Crippen LogP contribution in [0.15, 0.2) is 72.9 Å². The highest BCUT2D eigenvalue weighted by Crippen LogP contribution is 2.34. The highest BCUT2D eigenvalue weighted by Gasteiger charge is 2.21. The number of aromatic nitrogens is 2. The average Bonchev–Trinajstić information content (AvgIpc) is 3.00. The molecule has 2 N–H and O–H groups in total. The molecule has 0 spiro atoms. The van der Waals surface area contributed by atoms with E-state index in [1.165, 1.54) is 12.1 Å². The van der Waals surface area contributed by atoms with Gasteiger partial charge in [-0.05, 0) is 60.2 Å². The molecule has 0 atom stereocenters. The summed E-state index contributed by atoms with van der Waals surface area (Å²) in [5, 5.41) is 6.53. The first-order valence-corrected chi connectivity index (χ1v) is 11.6. The van der Waals surface area contributed by atoms with Crippen molar-refractivity contribution in [1.29, 1.82) is 0 Å². The van der Waals surface area contributed by atoms with Crippen molar-refractivity contribution < 1.29 is 14.0 Å². The summed E-state index contributed by atoms with van der Waals surface area (Å²) < 4.78 is 13.1. The number of anilines is 3. The van der Waals surface area contributed by atoms with E-state index in [0.29, 0.717) is 45.7 Å². The molecule has 2 amide bonds. The van der Waals surface area contributed by atoms with E-state index in [4.69, 9.17) is 11.6 Å². The molecule has 0 radical (unpaired) electrons. The molecule has 4 aromatic rings. The number of hydrogen-bond donors (Lipinski definition) is 2. The summed E-state index contributed by atoms with van der Waals surface area (Å²) in [5.74, 6) is -0.268. The minimum Gasteiger partial charge on any atom is -0.337 e. The zero-order valence-electron chi connectivity index (χ0n) is 19.3. The quantitative estimate of drug-likeness (QED) is 0.380. The molecule has 2 heterocycles. The summed E-state index contributed by atoms with van der Waals surface area (Å²) in [4.78, 5) is 35.7. The van der Waals surface area contributed by atoms with Gasteiger partial charge in [0.05, 0.1) is 17.8 Å². The SMILES string of the molecule is CN(Cc1ccc(F)cc1)C(=O)c1ccc(Nc2ncc3c(n2)-c2ccc(Cl)cc2NC(=O)C3)cc1. The third-order valence-electron chi connectivity index (χ3n) is 5.79. The Labute approximate surface area is 212 Å². The van der Waals surface area contributed by atoms with Crippen LogP contribution in [0.2, 0.25) is 5.02 Å². The van der Waals surface area contributed by atoms with E-state index >= 15 is 0 Å². The van der Waals surface area contributed by atoms with Gasteiger partial charge in [-0.3, -0.25) is 9.59 Å². The van der Waals surface area contributed by atoms with Crippen LogP contribution in [0.3, 0.4) is 0 Å². The van der Waals surface area contributed by atoms with Crippen LogP contribution in [0.25, 0.3) is 11.3 Å². The number of halogens is 2. The minimum absolute atomic E-state index is 0.153. The van der Waals surface area contributed by atoms with Gasteiger partial charge in [-0.25, -0.2) is 14.4 Å². The second-order valence-electron chi connectivity index (χ2n) is 8.47. The second-order valence-corrected chi connectivity index (χ2v) is 8.91. The number of nitrogens with one attached hydrogen (secondary N) is 2. The molecule has 0 aliphatic carbocycles. The fourth-order valence-corrected chi connectivity index (χ4v) is 4.18. The summed E-state index contributed by atoms with van der Waals surface area (Å²) in [5.41, 5.74) is 4.78. The standard InChI is InChI=1S/C27H21ClFN5O2/c1-34(15-16-2-7-20(29)8-3-16)26(36)17-4-9-21(10-5-17)31-27-30-14-18-12-24(35)32-23-13-19(28)6-11-22(23)25(18)33-27/h2-11,13-14H,12,15H2,1H3,(H,32,35)(H,30,31,33). The summed E-state index contributed by atoms with van der Waals surface area (Å²) in [6.07, 6.45) is 1.79. The fourth-order valence-electron chi connectivity index (χ4n) is 4.00. The van der Waals surface area contributed by atoms with Crippen LogP contribution in [0.5, 0.6) is 0 Å². The molecule has 1 aliphatic rings. The maximum absolute atomic E-state index is 13.1. The van der Waals surface area contributed by atoms with E-state index in [-0.39, 0.29) is 24.1 Å². The average molecular weight is 502 g/mol. The lowest BCUT2D eigenvalue weighted by Gasteiger charge is -2.17. The predicted molar refractivity (Wildman–Crippen MR) is 137 cm³/mol. The van der Waals surface area contributed by atoms with E-state index in [0.717, 1.165) is 11.1 Å². The number of amides is 2. The first-order chi connectivity index (χ1) is 17.4. The van der Waals surface area contributed by atoms with Gasteiger partial charge in [-0.1, -0.05) is 23.7 Å². The third kappa shape index (κ3) is 5.04. The Morgan fingerprint density at radius 2 is 1.86 bits per heavy atom. The molecule has 9 heteroatoms. The van der Waals surface area contributed by atoms with Crippen LogP contribution in [0.4, 0.5) is 21.7 Å². The number of carbonyl (C=O) groups is 2. The molecule has 0 bridgehead atoms. The molecule has 0 unspecified atom stereocenters. The van der Waals surface area contributed by atoms with E-state index in [1.54, 1.807) is 66.7 Å². The minimum atomic E-state index is -0.312. The van der Waals surface area contributed by atoms with Gasteiger partial charge < -0.3 is 15.5 Å². The van der Waals surface area contributed by atoms with Crippen LogP contribution in [0.1, 0.15) is 21.5 Å². The molecule has 36 heavy (non-hydrogen) atoms. The number of nitrogens with zero attached hydrogens (tertiary/aromatic N) is 3. The normalized spacial score (nSPS) is 12.1. The molecule has 1 aliphatic heterocycles. The molecular formula is C27H21ClFN5O2. The number of carbonyl (C=O) groups excluding carboxylic acids is 2. The highest BCUT2D eigenvalue weighted by atomic mass is 35.5. The first kappa shape index (κ1) is 23.4. The van der Waals surface area contributed by atoms with Crippen LogP contribution < -0.4 is 10.6 Å². The van der Waals surface area contributed by atoms with Gasteiger partial charge in [0.25, 0.3) is 5.91 Å². The van der Waals surface area contributed by atoms with Gasteiger partial charge in [0.15, 0.2) is 0 Å². The fraction of sp³-hybridized carbons (Fsp3) is 0.111. The lowest BCUT2D eigenvalue weighted by molar-refractivity contribution is -0.115. The zero-order chi connectivity index (χ0) is 25.2. The molecule has 5 rings (SSSR count). The van der Waals surface area contributed by atoms with Crippen LogP contribution in [-0.2, 0) is 17.8 Å². The molecular weight excluding hydrogens is 481 g/mol. The van der Waals surface area contributed by atoms with Gasteiger partial charge in [-0.2, -0.15) is 0 Å². The van der Waals surface area contributed by atoms with Crippen molar-refractivity contribution in [2.75, 3.05) is 17.7 Å². The van der Waals surface area contributed by atoms with Crippen molar-refractivity contribution in [2.24, 2.45) is 0 Å². The molecule has 0 fully saturated rings. The van der Waals surface area contributed by atoms with E-state index in [2.05, 4.69) is 20.6 Å². The number of rotatable bonds is 5. The van der Waals surface area contributed by atoms with Gasteiger partial charge in [-0.15, -0.1) is 0 Å². The van der Waals surface area contributed by atoms with E-state index in [9.17, 15) is 14.0 Å². The maximum Gasteiger partial charge on any atom is 0.253 e. The molecule has 0 saturated heterocycles. The van der Waals surface area contributed by atoms with Gasteiger partial charge in [0.1, 0.15) is 5.82 Å². The number of hydrogen-bond acceptors (Lipinski definition) is 5. The predicted octanol–water partition coefficient (Wildman–Crippen LogP) is 5.45. The lowest BCUT2D eigenvalue weighted by Crippen LogP contribution is -2.26. The van der Waals surface area contributed by atoms with Crippen molar-refractivity contribution >= 4 is 40.7 Å². The van der Waals surface area contributed by atoms with Gasteiger partial charge in [0, 0.05) is 47.2 Å². The third-order valence-corrected chi connectivity index (χ3v) is 6.03. The Balaban J connectivity index is 1.32. The summed E-state index contributed by atoms with van der Waals surface area (Å²) in [6, 6.07) is 18.3. The zero-order valence-corrected chi connectivity index (χ0v) is 20.0. The number of benzene rings is 3. The Morgan fingerprint density at radius 3 is 2.61 bits per heavy atom. The highest BCUT2D eigenvalue weighted by molar-refractivity contribution is 6.31. The van der Waals surface area contributed by atoms with Gasteiger partial charge >= 0.3 is 0 Å². The van der Waals surface area contributed by atoms with Crippen molar-refractivity contribution in [3.63, 3.8) is 0 Å². The topological polar surface area (TPSA) is 87.2 Å². The molecule has 3 aromatic carbocycles. The van der Waals surface area contributed by atoms with Crippen LogP contribution in [0, 0.1) is 5.82 Å². The molecule has 7 nitrogen and oxygen atoms in total.